The van der Waals surface area contributed by atoms with Gasteiger partial charge < -0.3 is 10.1 Å². The van der Waals surface area contributed by atoms with Gasteiger partial charge in [0.05, 0.1) is 24.4 Å². The molecular formula is C12H14N4O. The Balaban J connectivity index is 1.58. The third-order valence-corrected chi connectivity index (χ3v) is 3.70. The highest BCUT2D eigenvalue weighted by molar-refractivity contribution is 5.46. The second-order valence-electron chi connectivity index (χ2n) is 4.81. The third kappa shape index (κ3) is 1.50. The highest BCUT2D eigenvalue weighted by Gasteiger charge is 2.40. The summed E-state index contributed by atoms with van der Waals surface area (Å²) < 4.78 is 7.59. The van der Waals surface area contributed by atoms with Crippen molar-refractivity contribution in [1.82, 2.24) is 14.6 Å². The zero-order chi connectivity index (χ0) is 11.2. The molecule has 2 bridgehead atoms. The molecule has 2 aromatic heterocycles. The normalized spacial score (nSPS) is 31.2. The molecule has 2 aromatic rings. The number of hydrogen-bond donors (Lipinski definition) is 1. The first-order valence-corrected chi connectivity index (χ1v) is 6.11. The molecule has 2 aliphatic heterocycles. The van der Waals surface area contributed by atoms with Crippen molar-refractivity contribution in [2.24, 2.45) is 0 Å². The van der Waals surface area contributed by atoms with E-state index in [2.05, 4.69) is 15.4 Å². The van der Waals surface area contributed by atoms with Gasteiger partial charge in [0.1, 0.15) is 5.82 Å². The van der Waals surface area contributed by atoms with E-state index in [1.54, 1.807) is 10.7 Å². The molecule has 4 rings (SSSR count). The summed E-state index contributed by atoms with van der Waals surface area (Å²) in [5.41, 5.74) is 0.874. The molecule has 0 saturated carbocycles. The largest absolute Gasteiger partial charge is 0.373 e. The standard InChI is InChI=1S/C12H14N4O/c1-2-10-9(7-8(1)17-10)14-11-4-6-16-12(15-11)3-5-13-16/h3-6,8-10H,1-2,7H2,(H,14,15). The van der Waals surface area contributed by atoms with Gasteiger partial charge in [0.25, 0.3) is 0 Å². The molecule has 2 saturated heterocycles. The quantitative estimate of drug-likeness (QED) is 0.848. The number of fused-ring (bicyclic) bond motifs is 3. The number of hydrogen-bond acceptors (Lipinski definition) is 4. The van der Waals surface area contributed by atoms with Gasteiger partial charge in [-0.3, -0.25) is 0 Å². The molecule has 5 nitrogen and oxygen atoms in total. The molecule has 5 heteroatoms. The molecule has 0 amide bonds. The number of ether oxygens (including phenoxy) is 1. The molecule has 0 aromatic carbocycles. The van der Waals surface area contributed by atoms with Crippen LogP contribution in [0.15, 0.2) is 24.5 Å². The van der Waals surface area contributed by atoms with Gasteiger partial charge in [-0.1, -0.05) is 0 Å². The van der Waals surface area contributed by atoms with E-state index in [1.165, 1.54) is 12.8 Å². The molecule has 1 N–H and O–H groups in total. The third-order valence-electron chi connectivity index (χ3n) is 3.70. The molecule has 0 spiro atoms. The minimum Gasteiger partial charge on any atom is -0.373 e. The van der Waals surface area contributed by atoms with Crippen LogP contribution in [-0.2, 0) is 4.74 Å². The topological polar surface area (TPSA) is 51.5 Å². The predicted octanol–water partition coefficient (Wildman–Crippen LogP) is 1.46. The zero-order valence-electron chi connectivity index (χ0n) is 9.41. The maximum absolute atomic E-state index is 5.82. The molecule has 3 unspecified atom stereocenters. The average molecular weight is 230 g/mol. The second-order valence-corrected chi connectivity index (χ2v) is 4.81. The van der Waals surface area contributed by atoms with Crippen molar-refractivity contribution in [2.45, 2.75) is 37.5 Å². The van der Waals surface area contributed by atoms with E-state index in [4.69, 9.17) is 4.74 Å². The average Bonchev–Trinajstić information content (AvgIpc) is 3.03. The smallest absolute Gasteiger partial charge is 0.157 e. The van der Waals surface area contributed by atoms with Gasteiger partial charge in [0.15, 0.2) is 5.65 Å². The minimum atomic E-state index is 0.378. The van der Waals surface area contributed by atoms with Crippen LogP contribution in [0.4, 0.5) is 5.82 Å². The summed E-state index contributed by atoms with van der Waals surface area (Å²) in [6.45, 7) is 0. The Bertz CT molecular complexity index is 552. The maximum atomic E-state index is 5.82. The lowest BCUT2D eigenvalue weighted by Gasteiger charge is -2.20. The first-order valence-electron chi connectivity index (χ1n) is 6.11. The van der Waals surface area contributed by atoms with E-state index in [9.17, 15) is 0 Å². The van der Waals surface area contributed by atoms with Crippen molar-refractivity contribution in [3.8, 4) is 0 Å². The van der Waals surface area contributed by atoms with Crippen molar-refractivity contribution in [1.29, 1.82) is 0 Å². The molecule has 17 heavy (non-hydrogen) atoms. The van der Waals surface area contributed by atoms with E-state index in [1.807, 2.05) is 18.3 Å². The lowest BCUT2D eigenvalue weighted by atomic mass is 9.95. The highest BCUT2D eigenvalue weighted by Crippen LogP contribution is 2.35. The van der Waals surface area contributed by atoms with Crippen LogP contribution in [0.5, 0.6) is 0 Å². The number of rotatable bonds is 2. The Morgan fingerprint density at radius 2 is 2.35 bits per heavy atom. The zero-order valence-corrected chi connectivity index (χ0v) is 9.41. The van der Waals surface area contributed by atoms with Crippen molar-refractivity contribution in [3.63, 3.8) is 0 Å². The van der Waals surface area contributed by atoms with Crippen LogP contribution in [0, 0.1) is 0 Å². The summed E-state index contributed by atoms with van der Waals surface area (Å²) in [7, 11) is 0. The number of anilines is 1. The van der Waals surface area contributed by atoms with E-state index in [0.717, 1.165) is 17.9 Å². The molecule has 4 heterocycles. The van der Waals surface area contributed by atoms with Crippen LogP contribution in [0.3, 0.4) is 0 Å². The number of nitrogens with zero attached hydrogens (tertiary/aromatic N) is 3. The van der Waals surface area contributed by atoms with Gasteiger partial charge >= 0.3 is 0 Å². The molecule has 3 atom stereocenters. The Morgan fingerprint density at radius 1 is 1.35 bits per heavy atom. The Kier molecular flexibility index (Phi) is 1.90. The second kappa shape index (κ2) is 3.43. The van der Waals surface area contributed by atoms with E-state index in [-0.39, 0.29) is 0 Å². The summed E-state index contributed by atoms with van der Waals surface area (Å²) in [6, 6.07) is 4.29. The molecule has 2 aliphatic rings. The van der Waals surface area contributed by atoms with Gasteiger partial charge in [0, 0.05) is 12.3 Å². The van der Waals surface area contributed by atoms with Crippen LogP contribution in [-0.4, -0.2) is 32.8 Å². The fourth-order valence-corrected chi connectivity index (χ4v) is 2.87. The van der Waals surface area contributed by atoms with Crippen molar-refractivity contribution < 1.29 is 4.74 Å². The van der Waals surface area contributed by atoms with Gasteiger partial charge in [-0.2, -0.15) is 5.10 Å². The van der Waals surface area contributed by atoms with E-state index >= 15 is 0 Å². The number of nitrogens with one attached hydrogen (secondary N) is 1. The molecule has 2 fully saturated rings. The summed E-state index contributed by atoms with van der Waals surface area (Å²) in [5, 5.41) is 7.61. The Morgan fingerprint density at radius 3 is 3.18 bits per heavy atom. The summed E-state index contributed by atoms with van der Waals surface area (Å²) >= 11 is 0. The Hall–Kier alpha value is -1.62. The van der Waals surface area contributed by atoms with Crippen molar-refractivity contribution in [3.05, 3.63) is 24.5 Å². The molecular weight excluding hydrogens is 216 g/mol. The van der Waals surface area contributed by atoms with E-state index < -0.39 is 0 Å². The Labute approximate surface area is 98.8 Å². The van der Waals surface area contributed by atoms with Crippen LogP contribution < -0.4 is 5.32 Å². The van der Waals surface area contributed by atoms with Gasteiger partial charge in [0.2, 0.25) is 0 Å². The highest BCUT2D eigenvalue weighted by atomic mass is 16.5. The van der Waals surface area contributed by atoms with Crippen LogP contribution in [0.1, 0.15) is 19.3 Å². The summed E-state index contributed by atoms with van der Waals surface area (Å²) in [4.78, 5) is 4.52. The fraction of sp³-hybridized carbons (Fsp3) is 0.500. The molecule has 0 aliphatic carbocycles. The summed E-state index contributed by atoms with van der Waals surface area (Å²) in [6.07, 6.45) is 8.04. The first kappa shape index (κ1) is 9.41. The lowest BCUT2D eigenvalue weighted by Crippen LogP contribution is -2.30. The molecule has 0 radical (unpaired) electrons. The summed E-state index contributed by atoms with van der Waals surface area (Å²) in [5.74, 6) is 0.916. The van der Waals surface area contributed by atoms with E-state index in [0.29, 0.717) is 18.2 Å². The van der Waals surface area contributed by atoms with Crippen LogP contribution in [0.2, 0.25) is 0 Å². The van der Waals surface area contributed by atoms with Gasteiger partial charge in [-0.05, 0) is 25.3 Å². The fourth-order valence-electron chi connectivity index (χ4n) is 2.87. The minimum absolute atomic E-state index is 0.378. The lowest BCUT2D eigenvalue weighted by molar-refractivity contribution is 0.102. The SMILES string of the molecule is c1cc2nc(NC3CC4CCC3O4)ccn2n1. The monoisotopic (exact) mass is 230 g/mol. The maximum Gasteiger partial charge on any atom is 0.157 e. The van der Waals surface area contributed by atoms with Crippen LogP contribution in [0.25, 0.3) is 5.65 Å². The van der Waals surface area contributed by atoms with Crippen molar-refractivity contribution >= 4 is 11.5 Å². The first-order chi connectivity index (χ1) is 8.38. The number of aromatic nitrogens is 3. The van der Waals surface area contributed by atoms with Crippen molar-refractivity contribution in [2.75, 3.05) is 5.32 Å². The molecule has 88 valence electrons. The van der Waals surface area contributed by atoms with Gasteiger partial charge in [-0.15, -0.1) is 0 Å². The van der Waals surface area contributed by atoms with Crippen LogP contribution >= 0.6 is 0 Å². The van der Waals surface area contributed by atoms with Gasteiger partial charge in [-0.25, -0.2) is 9.50 Å². The predicted molar refractivity (Wildman–Crippen MR) is 62.9 cm³/mol.